The van der Waals surface area contributed by atoms with Crippen molar-refractivity contribution in [1.29, 1.82) is 0 Å². The van der Waals surface area contributed by atoms with Crippen molar-refractivity contribution in [3.63, 3.8) is 0 Å². The van der Waals surface area contributed by atoms with Crippen LogP contribution in [0.25, 0.3) is 0 Å². The van der Waals surface area contributed by atoms with Gasteiger partial charge in [0.15, 0.2) is 6.04 Å². The molecule has 28 heavy (non-hydrogen) atoms. The maximum Gasteiger partial charge on any atom is 0.390 e. The van der Waals surface area contributed by atoms with Crippen LogP contribution < -0.4 is 5.32 Å². The number of aromatic nitrogens is 2. The largest absolute Gasteiger partial charge is 0.390 e. The van der Waals surface area contributed by atoms with E-state index < -0.39 is 11.0 Å². The molecule has 4 bridgehead atoms. The molecular weight excluding hydrogens is 356 g/mol. The maximum absolute atomic E-state index is 13.2. The van der Waals surface area contributed by atoms with Gasteiger partial charge in [0.1, 0.15) is 0 Å². The van der Waals surface area contributed by atoms with Crippen molar-refractivity contribution in [3.05, 3.63) is 21.9 Å². The van der Waals surface area contributed by atoms with E-state index in [0.717, 1.165) is 24.2 Å². The van der Waals surface area contributed by atoms with E-state index in [1.807, 2.05) is 6.92 Å². The molecule has 0 radical (unpaired) electrons. The van der Waals surface area contributed by atoms with Crippen molar-refractivity contribution in [2.45, 2.75) is 84.2 Å². The van der Waals surface area contributed by atoms with Gasteiger partial charge in [-0.15, -0.1) is 0 Å². The lowest BCUT2D eigenvalue weighted by atomic mass is 9.47. The van der Waals surface area contributed by atoms with Crippen molar-refractivity contribution in [2.75, 3.05) is 0 Å². The first-order valence-corrected chi connectivity index (χ1v) is 10.9. The smallest absolute Gasteiger partial charge is 0.358 e. The molecule has 1 aromatic heterocycles. The molecule has 4 aliphatic rings. The summed E-state index contributed by atoms with van der Waals surface area (Å²) in [5.41, 5.74) is 0.902. The Labute approximate surface area is 166 Å². The number of amides is 1. The van der Waals surface area contributed by atoms with E-state index in [0.29, 0.717) is 12.1 Å². The third-order valence-electron chi connectivity index (χ3n) is 7.63. The second-order valence-corrected chi connectivity index (χ2v) is 9.52. The van der Waals surface area contributed by atoms with E-state index in [2.05, 4.69) is 17.3 Å². The zero-order chi connectivity index (χ0) is 20.1. The Hall–Kier alpha value is -1.92. The summed E-state index contributed by atoms with van der Waals surface area (Å²) in [5, 5.41) is 18.5. The fraction of sp³-hybridized carbons (Fsp3) is 0.810. The van der Waals surface area contributed by atoms with Crippen LogP contribution in [-0.4, -0.2) is 26.7 Å². The normalized spacial score (nSPS) is 32.9. The van der Waals surface area contributed by atoms with Crippen LogP contribution in [-0.2, 0) is 4.79 Å². The Morgan fingerprint density at radius 1 is 1.25 bits per heavy atom. The molecule has 0 saturated heterocycles. The van der Waals surface area contributed by atoms with Crippen molar-refractivity contribution in [1.82, 2.24) is 15.1 Å². The third kappa shape index (κ3) is 3.22. The molecule has 154 valence electrons. The molecule has 4 saturated carbocycles. The van der Waals surface area contributed by atoms with Crippen LogP contribution in [0.15, 0.2) is 6.07 Å². The first kappa shape index (κ1) is 19.4. The third-order valence-corrected chi connectivity index (χ3v) is 7.63. The Balaban J connectivity index is 1.53. The van der Waals surface area contributed by atoms with Gasteiger partial charge in [0, 0.05) is 6.04 Å². The summed E-state index contributed by atoms with van der Waals surface area (Å²) < 4.78 is 1.53. The molecule has 7 nitrogen and oxygen atoms in total. The van der Waals surface area contributed by atoms with Crippen molar-refractivity contribution < 1.29 is 9.72 Å². The number of nitro groups is 1. The number of nitrogens with zero attached hydrogens (tertiary/aromatic N) is 3. The summed E-state index contributed by atoms with van der Waals surface area (Å²) in [7, 11) is 0. The van der Waals surface area contributed by atoms with E-state index in [1.54, 1.807) is 6.92 Å². The highest BCUT2D eigenvalue weighted by molar-refractivity contribution is 5.80. The second kappa shape index (κ2) is 7.16. The number of rotatable bonds is 7. The lowest BCUT2D eigenvalue weighted by Gasteiger charge is -2.59. The zero-order valence-corrected chi connectivity index (χ0v) is 17.2. The highest BCUT2D eigenvalue weighted by Gasteiger charge is 2.54. The van der Waals surface area contributed by atoms with Gasteiger partial charge < -0.3 is 15.4 Å². The Morgan fingerprint density at radius 2 is 1.82 bits per heavy atom. The molecule has 1 heterocycles. The first-order chi connectivity index (χ1) is 13.3. The predicted molar refractivity (Wildman–Crippen MR) is 106 cm³/mol. The van der Waals surface area contributed by atoms with Crippen LogP contribution in [0.2, 0.25) is 0 Å². The van der Waals surface area contributed by atoms with Gasteiger partial charge in [0.2, 0.25) is 5.91 Å². The molecule has 1 N–H and O–H groups in total. The van der Waals surface area contributed by atoms with Gasteiger partial charge in [0.05, 0.1) is 16.9 Å². The minimum absolute atomic E-state index is 0.0498. The molecular formula is C21H32N4O3. The topological polar surface area (TPSA) is 90.1 Å². The molecule has 4 fully saturated rings. The molecule has 7 heteroatoms. The SMILES string of the molecule is CCC(C(=O)NC(CC)C12CC3CC(CC(C3)C1)C2)n1nc([N+](=O)[O-])cc1C. The van der Waals surface area contributed by atoms with Gasteiger partial charge in [-0.1, -0.05) is 13.8 Å². The molecule has 1 amide bonds. The Kier molecular flexibility index (Phi) is 4.96. The molecule has 5 rings (SSSR count). The number of carbonyl (C=O) groups excluding carboxylic acids is 1. The monoisotopic (exact) mass is 388 g/mol. The minimum atomic E-state index is -0.503. The van der Waals surface area contributed by atoms with E-state index in [9.17, 15) is 14.9 Å². The quantitative estimate of drug-likeness (QED) is 0.561. The van der Waals surface area contributed by atoms with E-state index in [-0.39, 0.29) is 23.2 Å². The zero-order valence-electron chi connectivity index (χ0n) is 17.2. The van der Waals surface area contributed by atoms with Crippen LogP contribution in [0.3, 0.4) is 0 Å². The summed E-state index contributed by atoms with van der Waals surface area (Å²) in [5.74, 6) is 2.28. The first-order valence-electron chi connectivity index (χ1n) is 10.9. The van der Waals surface area contributed by atoms with Crippen LogP contribution >= 0.6 is 0 Å². The van der Waals surface area contributed by atoms with Gasteiger partial charge in [-0.05, 0) is 86.4 Å². The van der Waals surface area contributed by atoms with Gasteiger partial charge in [0.25, 0.3) is 0 Å². The summed E-state index contributed by atoms with van der Waals surface area (Å²) in [6, 6.07) is 1.12. The standard InChI is InChI=1S/C21H32N4O3/c1-4-17(24-13(3)6-19(23-24)25(27)28)20(26)22-18(5-2)21-10-14-7-15(11-21)9-16(8-14)12-21/h6,14-18H,4-5,7-12H2,1-3H3,(H,22,26). The Morgan fingerprint density at radius 3 is 2.25 bits per heavy atom. The molecule has 1 aromatic rings. The van der Waals surface area contributed by atoms with Crippen molar-refractivity contribution in [2.24, 2.45) is 23.2 Å². The van der Waals surface area contributed by atoms with Crippen LogP contribution in [0.1, 0.15) is 76.9 Å². The lowest BCUT2D eigenvalue weighted by molar-refractivity contribution is -0.389. The second-order valence-electron chi connectivity index (χ2n) is 9.52. The Bertz CT molecular complexity index is 736. The van der Waals surface area contributed by atoms with Gasteiger partial charge in [-0.3, -0.25) is 4.79 Å². The van der Waals surface area contributed by atoms with E-state index in [4.69, 9.17) is 0 Å². The highest BCUT2D eigenvalue weighted by atomic mass is 16.6. The summed E-state index contributed by atoms with van der Waals surface area (Å²) >= 11 is 0. The van der Waals surface area contributed by atoms with Crippen LogP contribution in [0, 0.1) is 40.2 Å². The number of hydrogen-bond acceptors (Lipinski definition) is 4. The van der Waals surface area contributed by atoms with Gasteiger partial charge in [-0.25, -0.2) is 0 Å². The summed E-state index contributed by atoms with van der Waals surface area (Å²) in [6.07, 6.45) is 9.41. The predicted octanol–water partition coefficient (Wildman–Crippen LogP) is 4.16. The number of carbonyl (C=O) groups is 1. The molecule has 0 aromatic carbocycles. The number of hydrogen-bond donors (Lipinski definition) is 1. The molecule has 4 aliphatic carbocycles. The minimum Gasteiger partial charge on any atom is -0.358 e. The number of nitrogens with one attached hydrogen (secondary N) is 1. The van der Waals surface area contributed by atoms with Crippen LogP contribution in [0.5, 0.6) is 0 Å². The fourth-order valence-electron chi connectivity index (χ4n) is 6.91. The van der Waals surface area contributed by atoms with Crippen molar-refractivity contribution >= 4 is 11.7 Å². The fourth-order valence-corrected chi connectivity index (χ4v) is 6.91. The summed E-state index contributed by atoms with van der Waals surface area (Å²) in [6.45, 7) is 5.88. The van der Waals surface area contributed by atoms with Crippen molar-refractivity contribution in [3.8, 4) is 0 Å². The van der Waals surface area contributed by atoms with E-state index >= 15 is 0 Å². The van der Waals surface area contributed by atoms with Gasteiger partial charge in [-0.2, -0.15) is 4.68 Å². The highest BCUT2D eigenvalue weighted by Crippen LogP contribution is 2.61. The maximum atomic E-state index is 13.2. The molecule has 0 aliphatic heterocycles. The lowest BCUT2D eigenvalue weighted by Crippen LogP contribution is -2.57. The average molecular weight is 389 g/mol. The van der Waals surface area contributed by atoms with E-state index in [1.165, 1.54) is 49.3 Å². The summed E-state index contributed by atoms with van der Waals surface area (Å²) in [4.78, 5) is 23.8. The molecule has 2 unspecified atom stereocenters. The van der Waals surface area contributed by atoms with Crippen LogP contribution in [0.4, 0.5) is 5.82 Å². The molecule has 0 spiro atoms. The van der Waals surface area contributed by atoms with Gasteiger partial charge >= 0.3 is 5.82 Å². The number of aryl methyl sites for hydroxylation is 1. The average Bonchev–Trinajstić information content (AvgIpc) is 3.01. The molecule has 2 atom stereocenters.